The second-order valence-electron chi connectivity index (χ2n) is 6.13. The van der Waals surface area contributed by atoms with Gasteiger partial charge in [0.2, 0.25) is 10.0 Å². The number of aliphatic hydroxyl groups excluding tert-OH is 1. The minimum Gasteiger partial charge on any atom is -0.389 e. The fraction of sp³-hybridized carbons (Fsp3) is 0.235. The first-order valence-corrected chi connectivity index (χ1v) is 10.6. The Morgan fingerprint density at radius 3 is 2.57 bits per heavy atom. The lowest BCUT2D eigenvalue weighted by Crippen LogP contribution is -2.30. The number of sulfonamides is 1. The molecule has 2 aromatic rings. The number of amides is 1. The first kappa shape index (κ1) is 21.1. The fourth-order valence-electron chi connectivity index (χ4n) is 2.67. The van der Waals surface area contributed by atoms with Crippen molar-refractivity contribution in [2.75, 3.05) is 18.4 Å². The molecular formula is C17H14BrClF2N2O4S. The highest BCUT2D eigenvalue weighted by atomic mass is 79.9. The van der Waals surface area contributed by atoms with E-state index in [1.807, 2.05) is 0 Å². The third-order valence-electron chi connectivity index (χ3n) is 4.17. The lowest BCUT2D eigenvalue weighted by atomic mass is 10.2. The van der Waals surface area contributed by atoms with Crippen molar-refractivity contribution in [2.45, 2.75) is 17.2 Å². The molecular weight excluding hydrogens is 482 g/mol. The number of hydrogen-bond acceptors (Lipinski definition) is 4. The monoisotopic (exact) mass is 494 g/mol. The molecule has 1 heterocycles. The van der Waals surface area contributed by atoms with Gasteiger partial charge in [-0.2, -0.15) is 4.31 Å². The third kappa shape index (κ3) is 4.20. The zero-order valence-electron chi connectivity index (χ0n) is 14.1. The zero-order chi connectivity index (χ0) is 20.6. The normalized spacial score (nSPS) is 20.3. The van der Waals surface area contributed by atoms with Crippen molar-refractivity contribution in [2.24, 2.45) is 0 Å². The number of β-amino-alcohol motifs (C(OH)–C–C–N with tert-alkyl or cyclic N) is 1. The first-order chi connectivity index (χ1) is 13.1. The van der Waals surface area contributed by atoms with Gasteiger partial charge in [-0.05, 0) is 52.3 Å². The van der Waals surface area contributed by atoms with Gasteiger partial charge in [0.1, 0.15) is 23.0 Å². The number of carbonyl (C=O) groups excluding carboxylic acids is 1. The molecule has 2 aromatic carbocycles. The number of halogens is 4. The molecule has 6 nitrogen and oxygen atoms in total. The summed E-state index contributed by atoms with van der Waals surface area (Å²) in [6, 6.07) is 7.49. The molecule has 1 aliphatic heterocycles. The van der Waals surface area contributed by atoms with Crippen LogP contribution in [0.25, 0.3) is 0 Å². The number of alkyl halides is 1. The van der Waals surface area contributed by atoms with Gasteiger partial charge in [-0.1, -0.05) is 11.6 Å². The summed E-state index contributed by atoms with van der Waals surface area (Å²) in [6.07, 6.45) is -3.12. The van der Waals surface area contributed by atoms with Gasteiger partial charge in [-0.3, -0.25) is 4.79 Å². The van der Waals surface area contributed by atoms with Gasteiger partial charge < -0.3 is 10.4 Å². The van der Waals surface area contributed by atoms with Crippen LogP contribution < -0.4 is 5.32 Å². The third-order valence-corrected chi connectivity index (χ3v) is 7.10. The van der Waals surface area contributed by atoms with Crippen molar-refractivity contribution >= 4 is 49.1 Å². The van der Waals surface area contributed by atoms with Crippen LogP contribution in [0.15, 0.2) is 45.8 Å². The van der Waals surface area contributed by atoms with Gasteiger partial charge in [0.05, 0.1) is 9.50 Å². The predicted octanol–water partition coefficient (Wildman–Crippen LogP) is 3.20. The lowest BCUT2D eigenvalue weighted by molar-refractivity contribution is 0.102. The maximum atomic E-state index is 13.5. The summed E-state index contributed by atoms with van der Waals surface area (Å²) < 4.78 is 53.3. The molecule has 0 radical (unpaired) electrons. The van der Waals surface area contributed by atoms with Crippen LogP contribution in [0.4, 0.5) is 14.5 Å². The van der Waals surface area contributed by atoms with E-state index in [9.17, 15) is 27.1 Å². The first-order valence-electron chi connectivity index (χ1n) is 7.98. The molecule has 28 heavy (non-hydrogen) atoms. The van der Waals surface area contributed by atoms with Crippen LogP contribution in [-0.2, 0) is 10.0 Å². The summed E-state index contributed by atoms with van der Waals surface area (Å²) in [4.78, 5) is 12.1. The number of carbonyl (C=O) groups is 1. The van der Waals surface area contributed by atoms with Crippen molar-refractivity contribution in [3.8, 4) is 0 Å². The smallest absolute Gasteiger partial charge is 0.255 e. The summed E-state index contributed by atoms with van der Waals surface area (Å²) in [5.41, 5.74) is 0.278. The van der Waals surface area contributed by atoms with Crippen LogP contribution in [0, 0.1) is 5.82 Å². The maximum Gasteiger partial charge on any atom is 0.255 e. The molecule has 1 amide bonds. The highest BCUT2D eigenvalue weighted by Gasteiger charge is 2.39. The molecule has 0 aliphatic carbocycles. The van der Waals surface area contributed by atoms with Gasteiger partial charge >= 0.3 is 0 Å². The summed E-state index contributed by atoms with van der Waals surface area (Å²) in [6.45, 7) is -0.903. The van der Waals surface area contributed by atoms with Crippen LogP contribution >= 0.6 is 27.5 Å². The van der Waals surface area contributed by atoms with E-state index in [0.717, 1.165) is 16.4 Å². The van der Waals surface area contributed by atoms with Crippen LogP contribution in [0.2, 0.25) is 5.02 Å². The zero-order valence-corrected chi connectivity index (χ0v) is 17.2. The average molecular weight is 496 g/mol. The molecule has 0 spiro atoms. The summed E-state index contributed by atoms with van der Waals surface area (Å²) in [7, 11) is -4.21. The van der Waals surface area contributed by atoms with Gasteiger partial charge in [-0.15, -0.1) is 0 Å². The van der Waals surface area contributed by atoms with E-state index in [-0.39, 0.29) is 20.0 Å². The topological polar surface area (TPSA) is 86.7 Å². The highest BCUT2D eigenvalue weighted by Crippen LogP contribution is 2.29. The Labute approximate surface area is 173 Å². The Morgan fingerprint density at radius 2 is 1.96 bits per heavy atom. The van der Waals surface area contributed by atoms with E-state index in [1.165, 1.54) is 24.3 Å². The Morgan fingerprint density at radius 1 is 1.25 bits per heavy atom. The summed E-state index contributed by atoms with van der Waals surface area (Å²) in [5, 5.41) is 11.9. The molecule has 0 aromatic heterocycles. The van der Waals surface area contributed by atoms with E-state index >= 15 is 0 Å². The van der Waals surface area contributed by atoms with Gasteiger partial charge in [-0.25, -0.2) is 17.2 Å². The van der Waals surface area contributed by atoms with Crippen molar-refractivity contribution in [1.82, 2.24) is 4.31 Å². The van der Waals surface area contributed by atoms with Crippen molar-refractivity contribution in [3.63, 3.8) is 0 Å². The quantitative estimate of drug-likeness (QED) is 0.682. The molecule has 2 atom stereocenters. The van der Waals surface area contributed by atoms with Crippen molar-refractivity contribution in [3.05, 3.63) is 57.3 Å². The molecule has 0 saturated carbocycles. The average Bonchev–Trinajstić information content (AvgIpc) is 2.98. The van der Waals surface area contributed by atoms with E-state index < -0.39 is 47.1 Å². The van der Waals surface area contributed by atoms with Gasteiger partial charge in [0, 0.05) is 24.3 Å². The number of rotatable bonds is 4. The SMILES string of the molecule is O=C(Nc1ccc(F)c(Br)c1)c1ccc(Cl)c(S(=O)(=O)N2CC(O)C(F)C2)c1. The molecule has 11 heteroatoms. The minimum atomic E-state index is -4.21. The number of nitrogens with zero attached hydrogens (tertiary/aromatic N) is 1. The number of anilines is 1. The second kappa shape index (κ2) is 8.03. The summed E-state index contributed by atoms with van der Waals surface area (Å²) >= 11 is 9.00. The summed E-state index contributed by atoms with van der Waals surface area (Å²) in [5.74, 6) is -1.15. The molecule has 1 fully saturated rings. The molecule has 2 unspecified atom stereocenters. The van der Waals surface area contributed by atoms with Crippen LogP contribution in [0.1, 0.15) is 10.4 Å². The second-order valence-corrected chi connectivity index (χ2v) is 9.30. The van der Waals surface area contributed by atoms with Crippen LogP contribution in [0.5, 0.6) is 0 Å². The minimum absolute atomic E-state index is 0.0139. The van der Waals surface area contributed by atoms with E-state index in [1.54, 1.807) is 0 Å². The standard InChI is InChI=1S/C17H14BrClF2N2O4S/c18-11-6-10(2-4-13(11)20)22-17(25)9-1-3-12(19)16(5-9)28(26,27)23-7-14(21)15(24)8-23/h1-6,14-15,24H,7-8H2,(H,22,25). The number of aliphatic hydroxyl groups is 1. The van der Waals surface area contributed by atoms with Crippen molar-refractivity contribution in [1.29, 1.82) is 0 Å². The van der Waals surface area contributed by atoms with E-state index in [0.29, 0.717) is 5.69 Å². The van der Waals surface area contributed by atoms with E-state index in [4.69, 9.17) is 11.6 Å². The largest absolute Gasteiger partial charge is 0.389 e. The Bertz CT molecular complexity index is 1030. The molecule has 1 saturated heterocycles. The molecule has 0 bridgehead atoms. The number of benzene rings is 2. The molecule has 1 aliphatic rings. The highest BCUT2D eigenvalue weighted by molar-refractivity contribution is 9.10. The maximum absolute atomic E-state index is 13.5. The Kier molecular flexibility index (Phi) is 6.06. The van der Waals surface area contributed by atoms with Gasteiger partial charge in [0.25, 0.3) is 5.91 Å². The van der Waals surface area contributed by atoms with E-state index in [2.05, 4.69) is 21.2 Å². The molecule has 3 rings (SSSR count). The van der Waals surface area contributed by atoms with Gasteiger partial charge in [0.15, 0.2) is 0 Å². The van der Waals surface area contributed by atoms with Crippen molar-refractivity contribution < 1.29 is 27.1 Å². The Balaban J connectivity index is 1.88. The van der Waals surface area contributed by atoms with Crippen LogP contribution in [-0.4, -0.2) is 49.1 Å². The van der Waals surface area contributed by atoms with Crippen LogP contribution in [0.3, 0.4) is 0 Å². The Hall–Kier alpha value is -1.59. The lowest BCUT2D eigenvalue weighted by Gasteiger charge is -2.17. The number of nitrogens with one attached hydrogen (secondary N) is 1. The predicted molar refractivity (Wildman–Crippen MR) is 103 cm³/mol. The fourth-order valence-corrected chi connectivity index (χ4v) is 5.01. The molecule has 150 valence electrons. The molecule has 2 N–H and O–H groups in total. The number of hydrogen-bond donors (Lipinski definition) is 2.